The van der Waals surface area contributed by atoms with Gasteiger partial charge in [0.15, 0.2) is 0 Å². The molecular weight excluding hydrogens is 196 g/mol. The molecule has 1 aromatic carbocycles. The summed E-state index contributed by atoms with van der Waals surface area (Å²) in [4.78, 5) is 2.57. The highest BCUT2D eigenvalue weighted by Gasteiger charge is 2.18. The highest BCUT2D eigenvalue weighted by atomic mass is 15.2. The van der Waals surface area contributed by atoms with Gasteiger partial charge in [0.25, 0.3) is 0 Å². The SMILES string of the molecule is Cc1ccc(C)c(CN2CCNC[C@H]2C)c1. The van der Waals surface area contributed by atoms with Crippen LogP contribution in [0.3, 0.4) is 0 Å². The molecule has 1 aliphatic heterocycles. The molecule has 2 rings (SSSR count). The lowest BCUT2D eigenvalue weighted by atomic mass is 10.0. The quantitative estimate of drug-likeness (QED) is 0.818. The minimum Gasteiger partial charge on any atom is -0.314 e. The van der Waals surface area contributed by atoms with Crippen LogP contribution in [0.4, 0.5) is 0 Å². The Morgan fingerprint density at radius 1 is 1.38 bits per heavy atom. The third-order valence-corrected chi connectivity index (χ3v) is 3.52. The zero-order valence-corrected chi connectivity index (χ0v) is 10.6. The van der Waals surface area contributed by atoms with Gasteiger partial charge in [0.1, 0.15) is 0 Å². The number of hydrogen-bond donors (Lipinski definition) is 1. The number of aryl methyl sites for hydroxylation is 2. The van der Waals surface area contributed by atoms with Crippen molar-refractivity contribution in [3.05, 3.63) is 34.9 Å². The van der Waals surface area contributed by atoms with E-state index in [0.29, 0.717) is 6.04 Å². The Hall–Kier alpha value is -0.860. The summed E-state index contributed by atoms with van der Waals surface area (Å²) in [6.07, 6.45) is 0. The average molecular weight is 218 g/mol. The number of rotatable bonds is 2. The summed E-state index contributed by atoms with van der Waals surface area (Å²) in [5.41, 5.74) is 4.26. The van der Waals surface area contributed by atoms with E-state index < -0.39 is 0 Å². The van der Waals surface area contributed by atoms with Crippen molar-refractivity contribution in [1.29, 1.82) is 0 Å². The molecule has 0 bridgehead atoms. The van der Waals surface area contributed by atoms with Crippen molar-refractivity contribution < 1.29 is 0 Å². The molecule has 2 nitrogen and oxygen atoms in total. The molecule has 1 N–H and O–H groups in total. The number of nitrogens with one attached hydrogen (secondary N) is 1. The minimum atomic E-state index is 0.647. The van der Waals surface area contributed by atoms with Crippen LogP contribution in [0.1, 0.15) is 23.6 Å². The van der Waals surface area contributed by atoms with E-state index in [0.717, 1.165) is 26.2 Å². The second-order valence-electron chi connectivity index (χ2n) is 4.95. The molecular formula is C14H22N2. The molecule has 0 aliphatic carbocycles. The van der Waals surface area contributed by atoms with E-state index in [9.17, 15) is 0 Å². The van der Waals surface area contributed by atoms with Crippen LogP contribution in [0, 0.1) is 13.8 Å². The van der Waals surface area contributed by atoms with Gasteiger partial charge in [-0.1, -0.05) is 23.8 Å². The highest BCUT2D eigenvalue weighted by molar-refractivity contribution is 5.30. The maximum atomic E-state index is 3.43. The first kappa shape index (κ1) is 11.6. The Morgan fingerprint density at radius 2 is 2.19 bits per heavy atom. The Morgan fingerprint density at radius 3 is 2.94 bits per heavy atom. The van der Waals surface area contributed by atoms with Crippen molar-refractivity contribution in [1.82, 2.24) is 10.2 Å². The molecule has 0 spiro atoms. The van der Waals surface area contributed by atoms with Crippen molar-refractivity contribution in [2.75, 3.05) is 19.6 Å². The molecule has 0 radical (unpaired) electrons. The molecule has 0 aromatic heterocycles. The molecule has 0 unspecified atom stereocenters. The smallest absolute Gasteiger partial charge is 0.0240 e. The summed E-state index contributed by atoms with van der Waals surface area (Å²) in [6.45, 7) is 11.2. The lowest BCUT2D eigenvalue weighted by Crippen LogP contribution is -2.49. The van der Waals surface area contributed by atoms with Crippen LogP contribution in [-0.4, -0.2) is 30.6 Å². The molecule has 1 saturated heterocycles. The van der Waals surface area contributed by atoms with Crippen LogP contribution >= 0.6 is 0 Å². The van der Waals surface area contributed by atoms with Gasteiger partial charge in [-0.25, -0.2) is 0 Å². The zero-order chi connectivity index (χ0) is 11.5. The van der Waals surface area contributed by atoms with Gasteiger partial charge in [0, 0.05) is 32.2 Å². The summed E-state index contributed by atoms with van der Waals surface area (Å²) in [6, 6.07) is 7.40. The van der Waals surface area contributed by atoms with Gasteiger partial charge in [0.2, 0.25) is 0 Å². The maximum absolute atomic E-state index is 3.43. The van der Waals surface area contributed by atoms with Gasteiger partial charge in [0.05, 0.1) is 0 Å². The second kappa shape index (κ2) is 4.98. The predicted molar refractivity (Wildman–Crippen MR) is 68.7 cm³/mol. The molecule has 1 aliphatic rings. The van der Waals surface area contributed by atoms with E-state index in [4.69, 9.17) is 0 Å². The van der Waals surface area contributed by atoms with Crippen LogP contribution in [0.2, 0.25) is 0 Å². The van der Waals surface area contributed by atoms with E-state index in [2.05, 4.69) is 49.2 Å². The van der Waals surface area contributed by atoms with Crippen molar-refractivity contribution >= 4 is 0 Å². The summed E-state index contributed by atoms with van der Waals surface area (Å²) in [5, 5.41) is 3.43. The lowest BCUT2D eigenvalue weighted by molar-refractivity contribution is 0.165. The first-order valence-electron chi connectivity index (χ1n) is 6.17. The van der Waals surface area contributed by atoms with Gasteiger partial charge in [-0.15, -0.1) is 0 Å². The largest absolute Gasteiger partial charge is 0.314 e. The van der Waals surface area contributed by atoms with Crippen LogP contribution in [-0.2, 0) is 6.54 Å². The van der Waals surface area contributed by atoms with Crippen molar-refractivity contribution in [3.63, 3.8) is 0 Å². The normalized spacial score (nSPS) is 22.3. The van der Waals surface area contributed by atoms with Crippen LogP contribution in [0.25, 0.3) is 0 Å². The molecule has 88 valence electrons. The van der Waals surface area contributed by atoms with Gasteiger partial charge in [-0.2, -0.15) is 0 Å². The maximum Gasteiger partial charge on any atom is 0.0240 e. The molecule has 1 fully saturated rings. The number of benzene rings is 1. The average Bonchev–Trinajstić information content (AvgIpc) is 2.27. The van der Waals surface area contributed by atoms with Gasteiger partial charge < -0.3 is 5.32 Å². The second-order valence-corrected chi connectivity index (χ2v) is 4.95. The molecule has 1 aromatic rings. The Labute approximate surface area is 98.7 Å². The first-order chi connectivity index (χ1) is 7.66. The van der Waals surface area contributed by atoms with Gasteiger partial charge in [-0.05, 0) is 31.9 Å². The topological polar surface area (TPSA) is 15.3 Å². The van der Waals surface area contributed by atoms with E-state index in [1.807, 2.05) is 0 Å². The van der Waals surface area contributed by atoms with E-state index in [-0.39, 0.29) is 0 Å². The molecule has 1 heterocycles. The van der Waals surface area contributed by atoms with E-state index in [1.165, 1.54) is 16.7 Å². The summed E-state index contributed by atoms with van der Waals surface area (Å²) in [5.74, 6) is 0. The summed E-state index contributed by atoms with van der Waals surface area (Å²) in [7, 11) is 0. The van der Waals surface area contributed by atoms with Crippen molar-refractivity contribution in [2.45, 2.75) is 33.4 Å². The zero-order valence-electron chi connectivity index (χ0n) is 10.6. The molecule has 0 amide bonds. The Kier molecular flexibility index (Phi) is 3.62. The van der Waals surface area contributed by atoms with Crippen molar-refractivity contribution in [2.24, 2.45) is 0 Å². The van der Waals surface area contributed by atoms with Crippen LogP contribution < -0.4 is 5.32 Å². The molecule has 1 atom stereocenters. The first-order valence-corrected chi connectivity index (χ1v) is 6.17. The Balaban J connectivity index is 2.10. The third kappa shape index (κ3) is 2.63. The lowest BCUT2D eigenvalue weighted by Gasteiger charge is -2.34. The van der Waals surface area contributed by atoms with Crippen LogP contribution in [0.15, 0.2) is 18.2 Å². The monoisotopic (exact) mass is 218 g/mol. The number of hydrogen-bond acceptors (Lipinski definition) is 2. The van der Waals surface area contributed by atoms with Crippen LogP contribution in [0.5, 0.6) is 0 Å². The minimum absolute atomic E-state index is 0.647. The van der Waals surface area contributed by atoms with Crippen molar-refractivity contribution in [3.8, 4) is 0 Å². The van der Waals surface area contributed by atoms with E-state index >= 15 is 0 Å². The standard InChI is InChI=1S/C14H22N2/c1-11-4-5-12(2)14(8-11)10-16-7-6-15-9-13(16)3/h4-5,8,13,15H,6-7,9-10H2,1-3H3/t13-/m1/s1. The Bertz CT molecular complexity index is 360. The highest BCUT2D eigenvalue weighted by Crippen LogP contribution is 2.15. The molecule has 0 saturated carbocycles. The third-order valence-electron chi connectivity index (χ3n) is 3.52. The number of nitrogens with zero attached hydrogens (tertiary/aromatic N) is 1. The summed E-state index contributed by atoms with van der Waals surface area (Å²) >= 11 is 0. The molecule has 16 heavy (non-hydrogen) atoms. The van der Waals surface area contributed by atoms with E-state index in [1.54, 1.807) is 0 Å². The fraction of sp³-hybridized carbons (Fsp3) is 0.571. The fourth-order valence-corrected chi connectivity index (χ4v) is 2.31. The molecule has 2 heteroatoms. The number of piperazine rings is 1. The predicted octanol–water partition coefficient (Wildman–Crippen LogP) is 2.10. The fourth-order valence-electron chi connectivity index (χ4n) is 2.31. The summed E-state index contributed by atoms with van der Waals surface area (Å²) < 4.78 is 0. The van der Waals surface area contributed by atoms with Gasteiger partial charge in [-0.3, -0.25) is 4.90 Å². The van der Waals surface area contributed by atoms with Gasteiger partial charge >= 0.3 is 0 Å².